The summed E-state index contributed by atoms with van der Waals surface area (Å²) >= 11 is 0. The first-order valence-electron chi connectivity index (χ1n) is 8.83. The zero-order chi connectivity index (χ0) is 19.6. The van der Waals surface area contributed by atoms with Crippen LogP contribution in [0.2, 0.25) is 0 Å². The fourth-order valence-electron chi connectivity index (χ4n) is 3.10. The summed E-state index contributed by atoms with van der Waals surface area (Å²) in [5, 5.41) is 21.8. The van der Waals surface area contributed by atoms with Crippen molar-refractivity contribution in [3.63, 3.8) is 0 Å². The molecule has 0 radical (unpaired) electrons. The van der Waals surface area contributed by atoms with Crippen molar-refractivity contribution in [1.82, 2.24) is 15.3 Å². The van der Waals surface area contributed by atoms with Gasteiger partial charge in [0.05, 0.1) is 29.5 Å². The number of anilines is 1. The SMILES string of the molecule is CC1CN(c2ccc(C#N)c3nccnc23)C[C@H](C(=O)NCC(C)(C)O)O1. The minimum Gasteiger partial charge on any atom is -0.389 e. The number of carbonyl (C=O) groups is 1. The van der Waals surface area contributed by atoms with Gasteiger partial charge >= 0.3 is 0 Å². The topological polar surface area (TPSA) is 111 Å². The average Bonchev–Trinajstić information content (AvgIpc) is 2.64. The van der Waals surface area contributed by atoms with E-state index < -0.39 is 11.7 Å². The normalized spacial score (nSPS) is 20.3. The van der Waals surface area contributed by atoms with E-state index in [1.54, 1.807) is 32.3 Å². The quantitative estimate of drug-likeness (QED) is 0.826. The number of ether oxygens (including phenoxy) is 1. The first kappa shape index (κ1) is 19.0. The molecule has 8 heteroatoms. The molecule has 1 unspecified atom stereocenters. The summed E-state index contributed by atoms with van der Waals surface area (Å²) in [5.74, 6) is -0.266. The Hall–Kier alpha value is -2.76. The lowest BCUT2D eigenvalue weighted by atomic mass is 10.1. The van der Waals surface area contributed by atoms with E-state index in [0.29, 0.717) is 29.7 Å². The number of hydrogen-bond donors (Lipinski definition) is 2. The number of nitriles is 1. The van der Waals surface area contributed by atoms with E-state index in [9.17, 15) is 15.2 Å². The van der Waals surface area contributed by atoms with Gasteiger partial charge in [-0.25, -0.2) is 0 Å². The van der Waals surface area contributed by atoms with Crippen molar-refractivity contribution >= 4 is 22.6 Å². The van der Waals surface area contributed by atoms with E-state index in [0.717, 1.165) is 5.69 Å². The predicted octanol–water partition coefficient (Wildman–Crippen LogP) is 0.982. The molecule has 2 heterocycles. The Kier molecular flexibility index (Phi) is 5.26. The minimum atomic E-state index is -0.992. The van der Waals surface area contributed by atoms with Crippen molar-refractivity contribution in [3.8, 4) is 6.07 Å². The summed E-state index contributed by atoms with van der Waals surface area (Å²) in [4.78, 5) is 23.2. The molecule has 0 aliphatic carbocycles. The fraction of sp³-hybridized carbons (Fsp3) is 0.474. The average molecular weight is 369 g/mol. The number of benzene rings is 1. The molecule has 27 heavy (non-hydrogen) atoms. The van der Waals surface area contributed by atoms with E-state index in [1.165, 1.54) is 0 Å². The van der Waals surface area contributed by atoms with E-state index >= 15 is 0 Å². The smallest absolute Gasteiger partial charge is 0.251 e. The van der Waals surface area contributed by atoms with Crippen molar-refractivity contribution in [2.24, 2.45) is 0 Å². The lowest BCUT2D eigenvalue weighted by molar-refractivity contribution is -0.138. The van der Waals surface area contributed by atoms with Crippen molar-refractivity contribution < 1.29 is 14.6 Å². The Bertz CT molecular complexity index is 887. The van der Waals surface area contributed by atoms with Crippen LogP contribution in [0.1, 0.15) is 26.3 Å². The van der Waals surface area contributed by atoms with Crippen LogP contribution in [0.15, 0.2) is 24.5 Å². The summed E-state index contributed by atoms with van der Waals surface area (Å²) < 4.78 is 5.80. The molecule has 1 aromatic carbocycles. The lowest BCUT2D eigenvalue weighted by Crippen LogP contribution is -2.54. The highest BCUT2D eigenvalue weighted by molar-refractivity contribution is 5.92. The molecule has 2 N–H and O–H groups in total. The van der Waals surface area contributed by atoms with E-state index in [1.807, 2.05) is 17.9 Å². The number of nitrogens with zero attached hydrogens (tertiary/aromatic N) is 4. The predicted molar refractivity (Wildman–Crippen MR) is 100 cm³/mol. The number of amides is 1. The molecule has 2 atom stereocenters. The van der Waals surface area contributed by atoms with Crippen LogP contribution in [0, 0.1) is 11.3 Å². The summed E-state index contributed by atoms with van der Waals surface area (Å²) in [6, 6.07) is 5.68. The Morgan fingerprint density at radius 1 is 1.37 bits per heavy atom. The molecule has 3 rings (SSSR count). The van der Waals surface area contributed by atoms with Gasteiger partial charge in [-0.15, -0.1) is 0 Å². The van der Waals surface area contributed by atoms with Crippen molar-refractivity contribution in [2.45, 2.75) is 38.6 Å². The third-order valence-electron chi connectivity index (χ3n) is 4.31. The van der Waals surface area contributed by atoms with E-state index in [4.69, 9.17) is 4.74 Å². The van der Waals surface area contributed by atoms with Gasteiger partial charge in [0.25, 0.3) is 5.91 Å². The van der Waals surface area contributed by atoms with Crippen LogP contribution in [-0.4, -0.2) is 58.4 Å². The van der Waals surface area contributed by atoms with Crippen molar-refractivity contribution in [2.75, 3.05) is 24.5 Å². The third-order valence-corrected chi connectivity index (χ3v) is 4.31. The summed E-state index contributed by atoms with van der Waals surface area (Å²) in [6.07, 6.45) is 2.31. The van der Waals surface area contributed by atoms with Crippen LogP contribution in [0.3, 0.4) is 0 Å². The third kappa shape index (κ3) is 4.32. The molecule has 1 fully saturated rings. The lowest BCUT2D eigenvalue weighted by Gasteiger charge is -2.38. The maximum atomic E-state index is 12.5. The van der Waals surface area contributed by atoms with Crippen molar-refractivity contribution in [3.05, 3.63) is 30.1 Å². The number of fused-ring (bicyclic) bond motifs is 1. The highest BCUT2D eigenvalue weighted by Crippen LogP contribution is 2.28. The molecule has 1 amide bonds. The summed E-state index contributed by atoms with van der Waals surface area (Å²) in [5.41, 5.74) is 1.45. The second-order valence-electron chi connectivity index (χ2n) is 7.37. The Labute approximate surface area is 157 Å². The molecule has 0 spiro atoms. The molecule has 2 aromatic rings. The van der Waals surface area contributed by atoms with Gasteiger partial charge in [-0.3, -0.25) is 14.8 Å². The molecule has 0 bridgehead atoms. The molecule has 8 nitrogen and oxygen atoms in total. The highest BCUT2D eigenvalue weighted by Gasteiger charge is 2.32. The zero-order valence-corrected chi connectivity index (χ0v) is 15.6. The van der Waals surface area contributed by atoms with Crippen molar-refractivity contribution in [1.29, 1.82) is 5.26 Å². The van der Waals surface area contributed by atoms with Crippen LogP contribution in [-0.2, 0) is 9.53 Å². The molecule has 1 aliphatic heterocycles. The maximum absolute atomic E-state index is 12.5. The van der Waals surface area contributed by atoms with Crippen LogP contribution < -0.4 is 10.2 Å². The van der Waals surface area contributed by atoms with Gasteiger partial charge in [0.2, 0.25) is 0 Å². The monoisotopic (exact) mass is 369 g/mol. The van der Waals surface area contributed by atoms with E-state index in [2.05, 4.69) is 21.4 Å². The fourth-order valence-corrected chi connectivity index (χ4v) is 3.10. The number of hydrogen-bond acceptors (Lipinski definition) is 7. The molecule has 142 valence electrons. The summed E-state index contributed by atoms with van der Waals surface area (Å²) in [7, 11) is 0. The second-order valence-corrected chi connectivity index (χ2v) is 7.37. The Balaban J connectivity index is 1.86. The van der Waals surface area contributed by atoms with Gasteiger partial charge in [-0.05, 0) is 32.9 Å². The highest BCUT2D eigenvalue weighted by atomic mass is 16.5. The van der Waals surface area contributed by atoms with Crippen LogP contribution >= 0.6 is 0 Å². The Morgan fingerprint density at radius 3 is 2.74 bits per heavy atom. The van der Waals surface area contributed by atoms with Gasteiger partial charge < -0.3 is 20.1 Å². The zero-order valence-electron chi connectivity index (χ0n) is 15.6. The number of aliphatic hydroxyl groups is 1. The van der Waals surface area contributed by atoms with Crippen LogP contribution in [0.5, 0.6) is 0 Å². The molecule has 1 aliphatic rings. The molecule has 1 saturated heterocycles. The van der Waals surface area contributed by atoms with Gasteiger partial charge in [0.15, 0.2) is 6.10 Å². The van der Waals surface area contributed by atoms with Gasteiger partial charge in [-0.1, -0.05) is 0 Å². The first-order chi connectivity index (χ1) is 12.8. The number of carbonyl (C=O) groups excluding carboxylic acids is 1. The Morgan fingerprint density at radius 2 is 2.07 bits per heavy atom. The van der Waals surface area contributed by atoms with Gasteiger partial charge in [-0.2, -0.15) is 5.26 Å². The number of aromatic nitrogens is 2. The number of morpholine rings is 1. The first-order valence-corrected chi connectivity index (χ1v) is 8.83. The second kappa shape index (κ2) is 7.47. The summed E-state index contributed by atoms with van der Waals surface area (Å²) in [6.45, 7) is 6.24. The minimum absolute atomic E-state index is 0.144. The van der Waals surface area contributed by atoms with Gasteiger partial charge in [0, 0.05) is 25.5 Å². The largest absolute Gasteiger partial charge is 0.389 e. The molecule has 0 saturated carbocycles. The molecular formula is C19H23N5O3. The van der Waals surface area contributed by atoms with Crippen LogP contribution in [0.25, 0.3) is 11.0 Å². The number of nitrogens with one attached hydrogen (secondary N) is 1. The van der Waals surface area contributed by atoms with E-state index in [-0.39, 0.29) is 18.6 Å². The molecular weight excluding hydrogens is 346 g/mol. The maximum Gasteiger partial charge on any atom is 0.251 e. The standard InChI is InChI=1S/C19H23N5O3/c1-12-9-24(10-15(27-12)18(25)23-11-19(2,3)26)14-5-4-13(8-20)16-17(14)22-7-6-21-16/h4-7,12,15,26H,9-11H2,1-3H3,(H,23,25)/t12?,15-/m1/s1. The van der Waals surface area contributed by atoms with Crippen LogP contribution in [0.4, 0.5) is 5.69 Å². The van der Waals surface area contributed by atoms with Gasteiger partial charge in [0.1, 0.15) is 17.1 Å². The molecule has 1 aromatic heterocycles. The number of rotatable bonds is 4.